The van der Waals surface area contributed by atoms with Gasteiger partial charge in [0, 0.05) is 25.6 Å². The van der Waals surface area contributed by atoms with Gasteiger partial charge in [0.1, 0.15) is 7.85 Å². The van der Waals surface area contributed by atoms with E-state index in [9.17, 15) is 5.11 Å². The number of ether oxygens (including phenoxy) is 1. The Hall–Kier alpha value is -0.0551. The molecule has 1 aliphatic carbocycles. The van der Waals surface area contributed by atoms with E-state index in [-0.39, 0.29) is 11.3 Å². The molecule has 0 aromatic heterocycles. The summed E-state index contributed by atoms with van der Waals surface area (Å²) >= 11 is 0. The first-order chi connectivity index (χ1) is 8.91. The van der Waals surface area contributed by atoms with Gasteiger partial charge in [-0.25, -0.2) is 0 Å². The van der Waals surface area contributed by atoms with Gasteiger partial charge in [-0.2, -0.15) is 0 Å². The molecule has 0 aromatic carbocycles. The Bertz CT molecular complexity index is 333. The van der Waals surface area contributed by atoms with Gasteiger partial charge in [0.2, 0.25) is 0 Å². The second kappa shape index (κ2) is 4.75. The molecule has 2 saturated heterocycles. The van der Waals surface area contributed by atoms with Crippen molar-refractivity contribution in [2.45, 2.75) is 45.2 Å². The van der Waals surface area contributed by atoms with Crippen LogP contribution in [-0.2, 0) is 4.74 Å². The van der Waals surface area contributed by atoms with Crippen molar-refractivity contribution in [3.63, 3.8) is 0 Å². The maximum Gasteiger partial charge on any atom is 0.136 e. The summed E-state index contributed by atoms with van der Waals surface area (Å²) in [7, 11) is 6.40. The van der Waals surface area contributed by atoms with E-state index >= 15 is 0 Å². The molecule has 1 N–H and O–H groups in total. The molecule has 0 spiro atoms. The van der Waals surface area contributed by atoms with E-state index in [1.54, 1.807) is 0 Å². The van der Waals surface area contributed by atoms with Crippen LogP contribution >= 0.6 is 0 Å². The molecule has 3 rings (SSSR count). The van der Waals surface area contributed by atoms with Crippen LogP contribution in [-0.4, -0.2) is 49.8 Å². The molecule has 2 heterocycles. The molecule has 3 aliphatic rings. The first-order valence-electron chi connectivity index (χ1n) is 7.75. The molecule has 1 saturated carbocycles. The minimum absolute atomic E-state index is 0.0561. The fourth-order valence-corrected chi connectivity index (χ4v) is 4.56. The van der Waals surface area contributed by atoms with E-state index in [1.165, 1.54) is 19.3 Å². The Balaban J connectivity index is 1.75. The fourth-order valence-electron chi connectivity index (χ4n) is 4.56. The maximum absolute atomic E-state index is 11.0. The molecule has 19 heavy (non-hydrogen) atoms. The van der Waals surface area contributed by atoms with Gasteiger partial charge in [0.05, 0.1) is 12.2 Å². The van der Waals surface area contributed by atoms with Crippen molar-refractivity contribution in [3.8, 4) is 0 Å². The number of aliphatic hydroxyl groups is 1. The molecule has 2 radical (unpaired) electrons. The number of hydrogen-bond donors (Lipinski definition) is 1. The van der Waals surface area contributed by atoms with Crippen LogP contribution in [0.3, 0.4) is 0 Å². The Morgan fingerprint density at radius 2 is 1.84 bits per heavy atom. The third-order valence-corrected chi connectivity index (χ3v) is 5.71. The van der Waals surface area contributed by atoms with Crippen molar-refractivity contribution in [1.82, 2.24) is 4.90 Å². The van der Waals surface area contributed by atoms with Gasteiger partial charge in [0.25, 0.3) is 0 Å². The van der Waals surface area contributed by atoms with E-state index in [4.69, 9.17) is 12.6 Å². The van der Waals surface area contributed by atoms with Crippen molar-refractivity contribution < 1.29 is 9.84 Å². The minimum atomic E-state index is -1.17. The topological polar surface area (TPSA) is 32.7 Å². The summed E-state index contributed by atoms with van der Waals surface area (Å²) in [6, 6.07) is 0. The van der Waals surface area contributed by atoms with Crippen molar-refractivity contribution in [2.75, 3.05) is 26.3 Å². The molecule has 3 fully saturated rings. The maximum atomic E-state index is 11.0. The third-order valence-electron chi connectivity index (χ3n) is 5.71. The molecule has 4 unspecified atom stereocenters. The summed E-state index contributed by atoms with van der Waals surface area (Å²) in [6.45, 7) is 7.68. The van der Waals surface area contributed by atoms with Crippen molar-refractivity contribution in [2.24, 2.45) is 23.2 Å². The van der Waals surface area contributed by atoms with Gasteiger partial charge in [0.15, 0.2) is 0 Å². The van der Waals surface area contributed by atoms with E-state index in [1.807, 2.05) is 0 Å². The first kappa shape index (κ1) is 13.9. The van der Waals surface area contributed by atoms with Crippen molar-refractivity contribution in [1.29, 1.82) is 0 Å². The van der Waals surface area contributed by atoms with Gasteiger partial charge in [-0.1, -0.05) is 20.3 Å². The van der Waals surface area contributed by atoms with Crippen LogP contribution in [0.5, 0.6) is 0 Å². The summed E-state index contributed by atoms with van der Waals surface area (Å²) in [6.07, 6.45) is 4.84. The lowest BCUT2D eigenvalue weighted by Gasteiger charge is -2.50. The van der Waals surface area contributed by atoms with E-state index in [0.717, 1.165) is 31.3 Å². The van der Waals surface area contributed by atoms with Gasteiger partial charge in [-0.15, -0.1) is 0 Å². The lowest BCUT2D eigenvalue weighted by Crippen LogP contribution is -2.60. The molecule has 0 amide bonds. The highest BCUT2D eigenvalue weighted by Crippen LogP contribution is 2.45. The number of likely N-dealkylation sites (tertiary alicyclic amines) is 1. The monoisotopic (exact) mass is 263 g/mol. The van der Waals surface area contributed by atoms with Crippen LogP contribution < -0.4 is 0 Å². The summed E-state index contributed by atoms with van der Waals surface area (Å²) in [5.74, 6) is 1.61. The molecular weight excluding hydrogens is 237 g/mol. The van der Waals surface area contributed by atoms with Gasteiger partial charge < -0.3 is 9.84 Å². The molecular formula is C15H26BNO2. The zero-order valence-corrected chi connectivity index (χ0v) is 12.3. The molecule has 2 aliphatic heterocycles. The fraction of sp³-hybridized carbons (Fsp3) is 1.00. The normalized spacial score (nSPS) is 41.9. The Kier molecular flexibility index (Phi) is 3.47. The Labute approximate surface area is 118 Å². The van der Waals surface area contributed by atoms with Crippen molar-refractivity contribution in [3.05, 3.63) is 0 Å². The number of nitrogens with zero attached hydrogens (tertiary/aromatic N) is 1. The average Bonchev–Trinajstić information content (AvgIpc) is 2.87. The minimum Gasteiger partial charge on any atom is -0.385 e. The second-order valence-electron chi connectivity index (χ2n) is 7.52. The average molecular weight is 263 g/mol. The molecule has 0 bridgehead atoms. The first-order valence-corrected chi connectivity index (χ1v) is 7.75. The molecule has 0 aromatic rings. The van der Waals surface area contributed by atoms with E-state index < -0.39 is 5.62 Å². The molecule has 3 nitrogen and oxygen atoms in total. The van der Waals surface area contributed by atoms with Crippen LogP contribution in [0.4, 0.5) is 0 Å². The Morgan fingerprint density at radius 1 is 1.21 bits per heavy atom. The predicted octanol–water partition coefficient (Wildman–Crippen LogP) is 1.60. The van der Waals surface area contributed by atoms with E-state index in [0.29, 0.717) is 13.2 Å². The lowest BCUT2D eigenvalue weighted by molar-refractivity contribution is -0.153. The van der Waals surface area contributed by atoms with Crippen LogP contribution in [0.25, 0.3) is 0 Å². The van der Waals surface area contributed by atoms with Gasteiger partial charge in [-0.3, -0.25) is 4.90 Å². The third kappa shape index (κ3) is 2.36. The molecule has 4 heteroatoms. The SMILES string of the molecule is [B]C(O)(C1CCOCC1(C)C)N1CC2CCCC2C1. The number of rotatable bonds is 2. The molecule has 106 valence electrons. The quantitative estimate of drug-likeness (QED) is 0.768. The predicted molar refractivity (Wildman–Crippen MR) is 75.8 cm³/mol. The highest BCUT2D eigenvalue weighted by Gasteiger charge is 2.50. The smallest absolute Gasteiger partial charge is 0.136 e. The van der Waals surface area contributed by atoms with Crippen LogP contribution in [0.15, 0.2) is 0 Å². The summed E-state index contributed by atoms with van der Waals surface area (Å²) < 4.78 is 5.56. The highest BCUT2D eigenvalue weighted by atomic mass is 16.5. The van der Waals surface area contributed by atoms with Gasteiger partial charge >= 0.3 is 0 Å². The number of fused-ring (bicyclic) bond motifs is 1. The van der Waals surface area contributed by atoms with Crippen LogP contribution in [0, 0.1) is 23.2 Å². The zero-order chi connectivity index (χ0) is 13.7. The summed E-state index contributed by atoms with van der Waals surface area (Å²) in [5, 5.41) is 11.0. The Morgan fingerprint density at radius 3 is 2.42 bits per heavy atom. The van der Waals surface area contributed by atoms with Crippen molar-refractivity contribution >= 4 is 7.85 Å². The van der Waals surface area contributed by atoms with Crippen LogP contribution in [0.2, 0.25) is 0 Å². The van der Waals surface area contributed by atoms with Gasteiger partial charge in [-0.05, 0) is 36.5 Å². The highest BCUT2D eigenvalue weighted by molar-refractivity contribution is 6.14. The van der Waals surface area contributed by atoms with E-state index in [2.05, 4.69) is 18.7 Å². The second-order valence-corrected chi connectivity index (χ2v) is 7.52. The largest absolute Gasteiger partial charge is 0.385 e. The van der Waals surface area contributed by atoms with Crippen LogP contribution in [0.1, 0.15) is 39.5 Å². The lowest BCUT2D eigenvalue weighted by atomic mass is 9.63. The molecule has 4 atom stereocenters. The zero-order valence-electron chi connectivity index (χ0n) is 12.3. The summed E-state index contributed by atoms with van der Waals surface area (Å²) in [5.41, 5.74) is -1.23. The number of hydrogen-bond acceptors (Lipinski definition) is 3. The summed E-state index contributed by atoms with van der Waals surface area (Å²) in [4.78, 5) is 2.15. The standard InChI is InChI=1S/C15H26BNO2/c1-14(2)10-19-7-6-13(14)15(16,18)17-8-11-4-3-5-12(11)9-17/h11-13,18H,3-10H2,1-2H3.